The molecule has 0 fully saturated rings. The van der Waals surface area contributed by atoms with Crippen LogP contribution >= 0.6 is 23.8 Å². The van der Waals surface area contributed by atoms with Crippen LogP contribution in [0.25, 0.3) is 0 Å². The van der Waals surface area contributed by atoms with Gasteiger partial charge >= 0.3 is 0 Å². The van der Waals surface area contributed by atoms with Crippen LogP contribution in [0.4, 0.5) is 0 Å². The summed E-state index contributed by atoms with van der Waals surface area (Å²) < 4.78 is 2.45. The highest BCUT2D eigenvalue weighted by atomic mass is 35.5. The minimum atomic E-state index is -0.368. The molecule has 0 radical (unpaired) electrons. The Labute approximate surface area is 98.4 Å². The molecule has 0 saturated heterocycles. The van der Waals surface area contributed by atoms with Gasteiger partial charge < -0.3 is 15.3 Å². The molecule has 0 aliphatic heterocycles. The van der Waals surface area contributed by atoms with E-state index in [1.807, 2.05) is 11.5 Å². The first kappa shape index (κ1) is 12.3. The molecule has 1 atom stereocenters. The number of primary amides is 1. The summed E-state index contributed by atoms with van der Waals surface area (Å²) in [7, 11) is 0. The van der Waals surface area contributed by atoms with Gasteiger partial charge in [-0.25, -0.2) is 0 Å². The number of imidazole rings is 1. The molecule has 1 aromatic rings. The number of nitrogens with zero attached hydrogens (tertiary/aromatic N) is 1. The Balaban J connectivity index is 3.17. The predicted molar refractivity (Wildman–Crippen MR) is 62.7 cm³/mol. The third kappa shape index (κ3) is 2.41. The fourth-order valence-corrected chi connectivity index (χ4v) is 2.00. The van der Waals surface area contributed by atoms with Crippen LogP contribution in [0, 0.1) is 11.7 Å². The van der Waals surface area contributed by atoms with Gasteiger partial charge in [-0.15, -0.1) is 11.6 Å². The fraction of sp³-hybridized carbons (Fsp3) is 0.556. The second kappa shape index (κ2) is 4.81. The van der Waals surface area contributed by atoms with Crippen LogP contribution < -0.4 is 5.73 Å². The maximum Gasteiger partial charge on any atom is 0.226 e. The van der Waals surface area contributed by atoms with E-state index in [1.54, 1.807) is 6.92 Å². The van der Waals surface area contributed by atoms with Crippen LogP contribution in [-0.4, -0.2) is 21.3 Å². The highest BCUT2D eigenvalue weighted by molar-refractivity contribution is 7.71. The van der Waals surface area contributed by atoms with Crippen LogP contribution in [0.2, 0.25) is 0 Å². The summed E-state index contributed by atoms with van der Waals surface area (Å²) in [6, 6.07) is 0. The molecular formula is C9H14ClN3OS. The van der Waals surface area contributed by atoms with Crippen molar-refractivity contribution in [3.8, 4) is 0 Å². The first-order chi connectivity index (χ1) is 6.99. The van der Waals surface area contributed by atoms with Crippen molar-refractivity contribution in [2.24, 2.45) is 5.73 Å². The Morgan fingerprint density at radius 2 is 2.33 bits per heavy atom. The van der Waals surface area contributed by atoms with Crippen LogP contribution in [0.5, 0.6) is 0 Å². The average molecular weight is 248 g/mol. The molecule has 1 aromatic heterocycles. The zero-order valence-electron chi connectivity index (χ0n) is 8.71. The van der Waals surface area contributed by atoms with E-state index < -0.39 is 0 Å². The van der Waals surface area contributed by atoms with Crippen molar-refractivity contribution in [2.75, 3.05) is 5.88 Å². The van der Waals surface area contributed by atoms with Crippen molar-refractivity contribution in [1.82, 2.24) is 9.55 Å². The van der Waals surface area contributed by atoms with Crippen molar-refractivity contribution in [3.63, 3.8) is 0 Å². The van der Waals surface area contributed by atoms with Gasteiger partial charge in [0, 0.05) is 23.8 Å². The van der Waals surface area contributed by atoms with Crippen molar-refractivity contribution in [3.05, 3.63) is 16.2 Å². The first-order valence-electron chi connectivity index (χ1n) is 4.63. The van der Waals surface area contributed by atoms with Gasteiger partial charge in [0.15, 0.2) is 4.77 Å². The maximum absolute atomic E-state index is 11.1. The molecule has 84 valence electrons. The smallest absolute Gasteiger partial charge is 0.226 e. The summed E-state index contributed by atoms with van der Waals surface area (Å²) in [4.78, 5) is 14.1. The molecule has 0 aromatic carbocycles. The van der Waals surface area contributed by atoms with Gasteiger partial charge in [-0.1, -0.05) is 0 Å². The SMILES string of the molecule is Cc1c(C(C)C(N)=O)[nH]c(=S)n1CCCl. The van der Waals surface area contributed by atoms with E-state index in [9.17, 15) is 4.79 Å². The van der Waals surface area contributed by atoms with Crippen molar-refractivity contribution >= 4 is 29.7 Å². The Kier molecular flexibility index (Phi) is 3.93. The Bertz CT molecular complexity index is 423. The van der Waals surface area contributed by atoms with Crippen molar-refractivity contribution < 1.29 is 4.79 Å². The van der Waals surface area contributed by atoms with Crippen molar-refractivity contribution in [1.29, 1.82) is 0 Å². The lowest BCUT2D eigenvalue weighted by Gasteiger charge is -2.07. The molecule has 4 nitrogen and oxygen atoms in total. The van der Waals surface area contributed by atoms with Gasteiger partial charge in [0.1, 0.15) is 0 Å². The minimum absolute atomic E-state index is 0.358. The molecule has 15 heavy (non-hydrogen) atoms. The van der Waals surface area contributed by atoms with Gasteiger partial charge in [-0.3, -0.25) is 4.79 Å². The quantitative estimate of drug-likeness (QED) is 0.628. The number of hydrogen-bond donors (Lipinski definition) is 2. The van der Waals surface area contributed by atoms with Gasteiger partial charge in [-0.2, -0.15) is 0 Å². The monoisotopic (exact) mass is 247 g/mol. The summed E-state index contributed by atoms with van der Waals surface area (Å²) >= 11 is 10.8. The highest BCUT2D eigenvalue weighted by Gasteiger charge is 2.18. The van der Waals surface area contributed by atoms with E-state index in [0.29, 0.717) is 17.2 Å². The van der Waals surface area contributed by atoms with Gasteiger partial charge in [0.2, 0.25) is 5.91 Å². The standard InChI is InChI=1S/C9H14ClN3OS/c1-5(8(11)14)7-6(2)13(4-3-10)9(15)12-7/h5H,3-4H2,1-2H3,(H2,11,14)(H,12,15). The molecule has 1 unspecified atom stereocenters. The van der Waals surface area contributed by atoms with E-state index in [1.165, 1.54) is 0 Å². The molecule has 0 spiro atoms. The van der Waals surface area contributed by atoms with E-state index in [2.05, 4.69) is 4.98 Å². The second-order valence-electron chi connectivity index (χ2n) is 3.39. The lowest BCUT2D eigenvalue weighted by Crippen LogP contribution is -2.20. The molecule has 0 aliphatic carbocycles. The normalized spacial score (nSPS) is 12.7. The number of aromatic amines is 1. The van der Waals surface area contributed by atoms with Gasteiger partial charge in [0.05, 0.1) is 5.92 Å². The Morgan fingerprint density at radius 3 is 2.80 bits per heavy atom. The number of halogens is 1. The minimum Gasteiger partial charge on any atom is -0.369 e. The molecule has 1 amide bonds. The topological polar surface area (TPSA) is 63.8 Å². The number of carbonyl (C=O) groups excluding carboxylic acids is 1. The first-order valence-corrected chi connectivity index (χ1v) is 5.58. The number of rotatable bonds is 4. The van der Waals surface area contributed by atoms with E-state index in [-0.39, 0.29) is 11.8 Å². The summed E-state index contributed by atoms with van der Waals surface area (Å²) in [6.45, 7) is 4.28. The number of alkyl halides is 1. The average Bonchev–Trinajstić information content (AvgIpc) is 2.45. The predicted octanol–water partition coefficient (Wildman–Crippen LogP) is 1.68. The van der Waals surface area contributed by atoms with E-state index in [4.69, 9.17) is 29.6 Å². The number of carbonyl (C=O) groups is 1. The number of amides is 1. The zero-order valence-corrected chi connectivity index (χ0v) is 10.3. The Morgan fingerprint density at radius 1 is 1.73 bits per heavy atom. The number of aromatic nitrogens is 2. The molecule has 1 heterocycles. The fourth-order valence-electron chi connectivity index (χ4n) is 1.49. The number of hydrogen-bond acceptors (Lipinski definition) is 2. The van der Waals surface area contributed by atoms with Gasteiger partial charge in [0.25, 0.3) is 0 Å². The van der Waals surface area contributed by atoms with Crippen LogP contribution in [0.3, 0.4) is 0 Å². The Hall–Kier alpha value is -0.810. The molecule has 0 bridgehead atoms. The van der Waals surface area contributed by atoms with Gasteiger partial charge in [-0.05, 0) is 26.1 Å². The molecule has 6 heteroatoms. The zero-order chi connectivity index (χ0) is 11.6. The van der Waals surface area contributed by atoms with Crippen LogP contribution in [-0.2, 0) is 11.3 Å². The molecule has 0 saturated carbocycles. The largest absolute Gasteiger partial charge is 0.369 e. The van der Waals surface area contributed by atoms with Crippen molar-refractivity contribution in [2.45, 2.75) is 26.3 Å². The lowest BCUT2D eigenvalue weighted by molar-refractivity contribution is -0.119. The number of H-pyrrole nitrogens is 1. The molecule has 1 rings (SSSR count). The highest BCUT2D eigenvalue weighted by Crippen LogP contribution is 2.18. The molecule has 0 aliphatic rings. The third-order valence-corrected chi connectivity index (χ3v) is 2.94. The van der Waals surface area contributed by atoms with Crippen LogP contribution in [0.1, 0.15) is 24.2 Å². The summed E-state index contributed by atoms with van der Waals surface area (Å²) in [5, 5.41) is 0. The van der Waals surface area contributed by atoms with E-state index >= 15 is 0 Å². The second-order valence-corrected chi connectivity index (χ2v) is 4.16. The third-order valence-electron chi connectivity index (χ3n) is 2.45. The number of nitrogens with two attached hydrogens (primary N) is 1. The summed E-state index contributed by atoms with van der Waals surface area (Å²) in [6.07, 6.45) is 0. The molecular weight excluding hydrogens is 234 g/mol. The number of nitrogens with one attached hydrogen (secondary N) is 1. The summed E-state index contributed by atoms with van der Waals surface area (Å²) in [5.41, 5.74) is 6.94. The van der Waals surface area contributed by atoms with Crippen LogP contribution in [0.15, 0.2) is 0 Å². The summed E-state index contributed by atoms with van der Waals surface area (Å²) in [5.74, 6) is -0.243. The van der Waals surface area contributed by atoms with E-state index in [0.717, 1.165) is 11.4 Å². The maximum atomic E-state index is 11.1. The molecule has 3 N–H and O–H groups in total. The lowest BCUT2D eigenvalue weighted by atomic mass is 10.1.